The highest BCUT2D eigenvalue weighted by Crippen LogP contribution is 2.29. The molecule has 0 radical (unpaired) electrons. The van der Waals surface area contributed by atoms with Gasteiger partial charge in [0, 0.05) is 5.56 Å². The van der Waals surface area contributed by atoms with E-state index in [1.54, 1.807) is 0 Å². The molecule has 0 aliphatic heterocycles. The maximum Gasteiger partial charge on any atom is 0.213 e. The fourth-order valence-corrected chi connectivity index (χ4v) is 1.72. The fraction of sp³-hybridized carbons (Fsp3) is 0. The average Bonchev–Trinajstić information content (AvgIpc) is 2.58. The molecule has 7 heteroatoms. The van der Waals surface area contributed by atoms with Gasteiger partial charge in [-0.25, -0.2) is 4.39 Å². The molecule has 0 unspecified atom stereocenters. The van der Waals surface area contributed by atoms with Gasteiger partial charge in [-0.3, -0.25) is 10.2 Å². The Morgan fingerprint density at radius 1 is 1.20 bits per heavy atom. The number of hydrogen-bond acceptors (Lipinski definition) is 2. The van der Waals surface area contributed by atoms with E-state index < -0.39 is 5.82 Å². The minimum absolute atomic E-state index is 0.0297. The van der Waals surface area contributed by atoms with E-state index in [0.29, 0.717) is 16.4 Å². The standard InChI is InChI=1S/C8H4Cl2FN3S/c9-4-2-5(10)6(11)1-3(4)7-12-8(15)14-13-7/h1-2H,(H2,12,13,14,15). The lowest BCUT2D eigenvalue weighted by Crippen LogP contribution is -1.86. The van der Waals surface area contributed by atoms with Gasteiger partial charge in [0.15, 0.2) is 5.82 Å². The molecule has 0 aliphatic carbocycles. The zero-order valence-electron chi connectivity index (χ0n) is 7.14. The second kappa shape index (κ2) is 3.92. The van der Waals surface area contributed by atoms with Gasteiger partial charge in [0.25, 0.3) is 0 Å². The van der Waals surface area contributed by atoms with Crippen molar-refractivity contribution in [3.63, 3.8) is 0 Å². The lowest BCUT2D eigenvalue weighted by atomic mass is 10.2. The molecular formula is C8H4Cl2FN3S. The van der Waals surface area contributed by atoms with Gasteiger partial charge < -0.3 is 0 Å². The first-order valence-electron chi connectivity index (χ1n) is 3.87. The lowest BCUT2D eigenvalue weighted by molar-refractivity contribution is 0.628. The minimum Gasteiger partial charge on any atom is -0.282 e. The highest BCUT2D eigenvalue weighted by molar-refractivity contribution is 7.71. The van der Waals surface area contributed by atoms with Crippen LogP contribution in [-0.2, 0) is 0 Å². The Balaban J connectivity index is 2.63. The number of aromatic amines is 2. The van der Waals surface area contributed by atoms with E-state index >= 15 is 0 Å². The van der Waals surface area contributed by atoms with Crippen molar-refractivity contribution in [2.24, 2.45) is 0 Å². The zero-order valence-corrected chi connectivity index (χ0v) is 9.47. The number of nitrogens with zero attached hydrogens (tertiary/aromatic N) is 1. The van der Waals surface area contributed by atoms with Crippen LogP contribution in [0.4, 0.5) is 4.39 Å². The predicted octanol–water partition coefficient (Wildman–Crippen LogP) is 3.58. The summed E-state index contributed by atoms with van der Waals surface area (Å²) in [6, 6.07) is 2.52. The molecule has 2 rings (SSSR count). The molecule has 0 atom stereocenters. The quantitative estimate of drug-likeness (QED) is 0.610. The van der Waals surface area contributed by atoms with Crippen LogP contribution in [0.1, 0.15) is 0 Å². The summed E-state index contributed by atoms with van der Waals surface area (Å²) in [7, 11) is 0. The first kappa shape index (κ1) is 10.6. The highest BCUT2D eigenvalue weighted by atomic mass is 35.5. The van der Waals surface area contributed by atoms with Gasteiger partial charge in [-0.2, -0.15) is 4.98 Å². The molecule has 0 saturated heterocycles. The molecule has 2 N–H and O–H groups in total. The molecule has 15 heavy (non-hydrogen) atoms. The third-order valence-corrected chi connectivity index (χ3v) is 2.56. The summed E-state index contributed by atoms with van der Waals surface area (Å²) < 4.78 is 13.5. The molecule has 2 aromatic rings. The fourth-order valence-electron chi connectivity index (χ4n) is 1.10. The Hall–Kier alpha value is -0.910. The van der Waals surface area contributed by atoms with E-state index in [9.17, 15) is 4.39 Å². The first-order chi connectivity index (χ1) is 7.08. The smallest absolute Gasteiger partial charge is 0.213 e. The normalized spacial score (nSPS) is 10.6. The van der Waals surface area contributed by atoms with E-state index in [4.69, 9.17) is 35.4 Å². The van der Waals surface area contributed by atoms with Gasteiger partial charge in [-0.1, -0.05) is 23.2 Å². The van der Waals surface area contributed by atoms with Crippen LogP contribution in [0.25, 0.3) is 11.4 Å². The topological polar surface area (TPSA) is 44.5 Å². The van der Waals surface area contributed by atoms with Crippen molar-refractivity contribution in [2.75, 3.05) is 0 Å². The Labute approximate surface area is 99.2 Å². The largest absolute Gasteiger partial charge is 0.282 e. The van der Waals surface area contributed by atoms with Crippen molar-refractivity contribution in [3.05, 3.63) is 32.8 Å². The number of hydrogen-bond donors (Lipinski definition) is 2. The number of rotatable bonds is 1. The Morgan fingerprint density at radius 2 is 1.93 bits per heavy atom. The van der Waals surface area contributed by atoms with E-state index in [2.05, 4.69) is 15.2 Å². The number of nitrogens with one attached hydrogen (secondary N) is 2. The number of benzene rings is 1. The van der Waals surface area contributed by atoms with Gasteiger partial charge in [0.1, 0.15) is 5.82 Å². The highest BCUT2D eigenvalue weighted by Gasteiger charge is 2.11. The number of H-pyrrole nitrogens is 2. The Morgan fingerprint density at radius 3 is 2.53 bits per heavy atom. The molecule has 0 amide bonds. The maximum atomic E-state index is 13.2. The van der Waals surface area contributed by atoms with E-state index in [0.717, 1.165) is 0 Å². The van der Waals surface area contributed by atoms with Crippen LogP contribution in [0.5, 0.6) is 0 Å². The summed E-state index contributed by atoms with van der Waals surface area (Å²) in [5, 5.41) is 5.54. The molecule has 1 aromatic carbocycles. The predicted molar refractivity (Wildman–Crippen MR) is 59.2 cm³/mol. The number of halogens is 3. The first-order valence-corrected chi connectivity index (χ1v) is 5.04. The van der Waals surface area contributed by atoms with Crippen LogP contribution in [-0.4, -0.2) is 15.2 Å². The molecule has 1 aromatic heterocycles. The van der Waals surface area contributed by atoms with Crippen molar-refractivity contribution in [3.8, 4) is 11.4 Å². The number of aromatic nitrogens is 3. The van der Waals surface area contributed by atoms with E-state index in [-0.39, 0.29) is 9.79 Å². The van der Waals surface area contributed by atoms with Gasteiger partial charge in [-0.05, 0) is 24.4 Å². The molecule has 0 saturated carbocycles. The van der Waals surface area contributed by atoms with Crippen molar-refractivity contribution in [1.29, 1.82) is 0 Å². The third kappa shape index (κ3) is 2.04. The van der Waals surface area contributed by atoms with Crippen LogP contribution in [0.3, 0.4) is 0 Å². The van der Waals surface area contributed by atoms with Crippen LogP contribution in [0.15, 0.2) is 12.1 Å². The SMILES string of the molecule is Fc1cc(-c2nc(=S)[nH][nH]2)c(Cl)cc1Cl. The van der Waals surface area contributed by atoms with Crippen LogP contribution < -0.4 is 0 Å². The van der Waals surface area contributed by atoms with Crippen molar-refractivity contribution < 1.29 is 4.39 Å². The second-order valence-electron chi connectivity index (χ2n) is 2.76. The average molecular weight is 264 g/mol. The molecule has 1 heterocycles. The van der Waals surface area contributed by atoms with Gasteiger partial charge in [0.05, 0.1) is 10.0 Å². The summed E-state index contributed by atoms with van der Waals surface area (Å²) in [6.45, 7) is 0. The van der Waals surface area contributed by atoms with E-state index in [1.807, 2.05) is 0 Å². The van der Waals surface area contributed by atoms with Crippen LogP contribution >= 0.6 is 35.4 Å². The van der Waals surface area contributed by atoms with E-state index in [1.165, 1.54) is 12.1 Å². The Kier molecular flexibility index (Phi) is 2.77. The molecule has 0 fully saturated rings. The van der Waals surface area contributed by atoms with Crippen molar-refractivity contribution in [2.45, 2.75) is 0 Å². The van der Waals surface area contributed by atoms with Gasteiger partial charge >= 0.3 is 0 Å². The summed E-state index contributed by atoms with van der Waals surface area (Å²) in [4.78, 5) is 3.92. The Bertz CT molecular complexity index is 563. The van der Waals surface area contributed by atoms with Crippen LogP contribution in [0.2, 0.25) is 10.0 Å². The molecular weight excluding hydrogens is 260 g/mol. The molecule has 3 nitrogen and oxygen atoms in total. The lowest BCUT2D eigenvalue weighted by Gasteiger charge is -2.01. The van der Waals surface area contributed by atoms with Crippen LogP contribution in [0, 0.1) is 10.6 Å². The summed E-state index contributed by atoms with van der Waals surface area (Å²) >= 11 is 16.2. The minimum atomic E-state index is -0.557. The molecule has 0 bridgehead atoms. The van der Waals surface area contributed by atoms with Crippen molar-refractivity contribution in [1.82, 2.24) is 15.2 Å². The summed E-state index contributed by atoms with van der Waals surface area (Å²) in [5.74, 6) is -0.182. The molecule has 0 spiro atoms. The summed E-state index contributed by atoms with van der Waals surface area (Å²) in [5.41, 5.74) is 0.408. The zero-order chi connectivity index (χ0) is 11.0. The molecule has 0 aliphatic rings. The third-order valence-electron chi connectivity index (χ3n) is 1.77. The summed E-state index contributed by atoms with van der Waals surface area (Å²) in [6.07, 6.45) is 0. The van der Waals surface area contributed by atoms with Crippen molar-refractivity contribution >= 4 is 35.4 Å². The monoisotopic (exact) mass is 263 g/mol. The van der Waals surface area contributed by atoms with Gasteiger partial charge in [0.2, 0.25) is 4.77 Å². The maximum absolute atomic E-state index is 13.2. The second-order valence-corrected chi connectivity index (χ2v) is 3.96. The van der Waals surface area contributed by atoms with Gasteiger partial charge in [-0.15, -0.1) is 0 Å². The molecule has 78 valence electrons.